The molecule has 1 heteroatoms. The van der Waals surface area contributed by atoms with Crippen molar-refractivity contribution in [3.63, 3.8) is 0 Å². The van der Waals surface area contributed by atoms with Gasteiger partial charge < -0.3 is 0 Å². The van der Waals surface area contributed by atoms with Gasteiger partial charge in [0, 0.05) is 8.07 Å². The first-order chi connectivity index (χ1) is 10.9. The third-order valence-electron chi connectivity index (χ3n) is 4.71. The Hall–Kier alpha value is -1.60. The molecule has 120 valence electrons. The molecule has 0 N–H and O–H groups in total. The number of fused-ring (bicyclic) bond motifs is 1. The van der Waals surface area contributed by atoms with Crippen molar-refractivity contribution < 1.29 is 0 Å². The van der Waals surface area contributed by atoms with Gasteiger partial charge in [-0.2, -0.15) is 0 Å². The fraction of sp³-hybridized carbons (Fsp3) is 0.364. The molecule has 0 atom stereocenters. The fourth-order valence-corrected chi connectivity index (χ4v) is 5.06. The van der Waals surface area contributed by atoms with Gasteiger partial charge in [-0.15, -0.1) is 0 Å². The van der Waals surface area contributed by atoms with E-state index in [0.29, 0.717) is 0 Å². The van der Waals surface area contributed by atoms with Gasteiger partial charge in [0.15, 0.2) is 0 Å². The molecule has 23 heavy (non-hydrogen) atoms. The van der Waals surface area contributed by atoms with Crippen LogP contribution in [0.1, 0.15) is 28.7 Å². The molecule has 3 rings (SSSR count). The molecule has 2 aromatic rings. The van der Waals surface area contributed by atoms with Crippen molar-refractivity contribution in [2.75, 3.05) is 0 Å². The molecule has 0 unspecified atom stereocenters. The third-order valence-corrected chi connectivity index (χ3v) is 6.12. The number of hydrogen-bond acceptors (Lipinski definition) is 0. The zero-order chi connectivity index (χ0) is 16.4. The molecule has 1 aliphatic rings. The maximum absolute atomic E-state index is 2.49. The van der Waals surface area contributed by atoms with E-state index in [0.717, 1.165) is 6.42 Å². The van der Waals surface area contributed by atoms with Gasteiger partial charge in [0.2, 0.25) is 0 Å². The van der Waals surface area contributed by atoms with E-state index in [1.165, 1.54) is 35.6 Å². The average molecular weight is 321 g/mol. The van der Waals surface area contributed by atoms with Crippen molar-refractivity contribution in [2.45, 2.75) is 51.9 Å². The van der Waals surface area contributed by atoms with Crippen LogP contribution in [0.15, 0.2) is 54.1 Å². The quantitative estimate of drug-likeness (QED) is 0.582. The molecule has 0 amide bonds. The Bertz CT molecular complexity index is 714. The average Bonchev–Trinajstić information content (AvgIpc) is 2.50. The van der Waals surface area contributed by atoms with E-state index in [1.54, 1.807) is 16.7 Å². The molecule has 0 spiro atoms. The lowest BCUT2D eigenvalue weighted by atomic mass is 9.84. The van der Waals surface area contributed by atoms with Crippen molar-refractivity contribution >= 4 is 13.6 Å². The number of hydrogen-bond donors (Lipinski definition) is 0. The Balaban J connectivity index is 2.00. The van der Waals surface area contributed by atoms with E-state index in [-0.39, 0.29) is 0 Å². The molecular weight excluding hydrogens is 292 g/mol. The maximum Gasteiger partial charge on any atom is 0.0487 e. The first-order valence-corrected chi connectivity index (χ1v) is 12.5. The van der Waals surface area contributed by atoms with Crippen molar-refractivity contribution in [2.24, 2.45) is 0 Å². The predicted molar refractivity (Wildman–Crippen MR) is 105 cm³/mol. The van der Waals surface area contributed by atoms with Crippen LogP contribution in [0, 0.1) is 6.92 Å². The van der Waals surface area contributed by atoms with Crippen molar-refractivity contribution in [3.8, 4) is 0 Å². The number of allylic oxidation sites excluding steroid dienone is 2. The molecule has 0 heterocycles. The molecule has 0 saturated heterocycles. The Morgan fingerprint density at radius 1 is 0.870 bits per heavy atom. The van der Waals surface area contributed by atoms with Crippen molar-refractivity contribution in [3.05, 3.63) is 76.4 Å². The normalized spacial score (nSPS) is 14.8. The summed E-state index contributed by atoms with van der Waals surface area (Å²) in [5, 5.41) is 0. The largest absolute Gasteiger partial charge is 0.0693 e. The van der Waals surface area contributed by atoms with Crippen LogP contribution in [-0.4, -0.2) is 8.07 Å². The molecule has 0 saturated carbocycles. The van der Waals surface area contributed by atoms with Crippen LogP contribution < -0.4 is 0 Å². The molecule has 0 radical (unpaired) electrons. The molecular formula is C22H28Si. The molecule has 0 nitrogen and oxygen atoms in total. The second-order valence-electron chi connectivity index (χ2n) is 8.14. The minimum atomic E-state index is -1.14. The molecule has 0 fully saturated rings. The lowest BCUT2D eigenvalue weighted by molar-refractivity contribution is 0.876. The summed E-state index contributed by atoms with van der Waals surface area (Å²) in [4.78, 5) is 0. The summed E-state index contributed by atoms with van der Waals surface area (Å²) < 4.78 is 0. The predicted octanol–water partition coefficient (Wildman–Crippen LogP) is 6.28. The summed E-state index contributed by atoms with van der Waals surface area (Å²) >= 11 is 0. The first kappa shape index (κ1) is 16.3. The van der Waals surface area contributed by atoms with Gasteiger partial charge in [-0.25, -0.2) is 0 Å². The number of benzene rings is 2. The molecule has 0 bridgehead atoms. The van der Waals surface area contributed by atoms with Gasteiger partial charge in [0.1, 0.15) is 0 Å². The Labute approximate surface area is 142 Å². The first-order valence-electron chi connectivity index (χ1n) is 8.77. The van der Waals surface area contributed by atoms with E-state index in [4.69, 9.17) is 0 Å². The molecule has 0 aliphatic heterocycles. The topological polar surface area (TPSA) is 0 Å². The standard InChI is InChI=1S/C22H28Si/c1-17-9-11-18(12-10-17)15-20-14-13-19-7-5-6-8-21(19)22(20)16-23(2,3)4/h5-12H,13-16H2,1-4H3. The van der Waals surface area contributed by atoms with Crippen molar-refractivity contribution in [1.29, 1.82) is 0 Å². The van der Waals surface area contributed by atoms with Gasteiger partial charge in [0.25, 0.3) is 0 Å². The summed E-state index contributed by atoms with van der Waals surface area (Å²) in [6, 6.07) is 19.4. The van der Waals surface area contributed by atoms with Crippen LogP contribution in [0.2, 0.25) is 25.7 Å². The minimum Gasteiger partial charge on any atom is -0.0693 e. The highest BCUT2D eigenvalue weighted by molar-refractivity contribution is 6.77. The van der Waals surface area contributed by atoms with E-state index < -0.39 is 8.07 Å². The highest BCUT2D eigenvalue weighted by Crippen LogP contribution is 2.38. The van der Waals surface area contributed by atoms with Crippen molar-refractivity contribution in [1.82, 2.24) is 0 Å². The van der Waals surface area contributed by atoms with Crippen LogP contribution in [0.4, 0.5) is 0 Å². The van der Waals surface area contributed by atoms with Crippen LogP contribution in [-0.2, 0) is 12.8 Å². The van der Waals surface area contributed by atoms with E-state index in [9.17, 15) is 0 Å². The van der Waals surface area contributed by atoms with Crippen LogP contribution >= 0.6 is 0 Å². The zero-order valence-corrected chi connectivity index (χ0v) is 15.9. The summed E-state index contributed by atoms with van der Waals surface area (Å²) in [6.07, 6.45) is 3.55. The SMILES string of the molecule is Cc1ccc(CC2=C(C[Si](C)(C)C)c3ccccc3CC2)cc1. The summed E-state index contributed by atoms with van der Waals surface area (Å²) in [7, 11) is -1.14. The smallest absolute Gasteiger partial charge is 0.0487 e. The number of aryl methyl sites for hydroxylation is 2. The van der Waals surface area contributed by atoms with E-state index in [1.807, 2.05) is 0 Å². The van der Waals surface area contributed by atoms with E-state index in [2.05, 4.69) is 75.1 Å². The molecule has 1 aliphatic carbocycles. The fourth-order valence-electron chi connectivity index (χ4n) is 3.56. The monoisotopic (exact) mass is 320 g/mol. The van der Waals surface area contributed by atoms with Gasteiger partial charge in [-0.3, -0.25) is 0 Å². The maximum atomic E-state index is 2.49. The van der Waals surface area contributed by atoms with Gasteiger partial charge >= 0.3 is 0 Å². The second-order valence-corrected chi connectivity index (χ2v) is 13.6. The zero-order valence-electron chi connectivity index (χ0n) is 14.9. The van der Waals surface area contributed by atoms with Gasteiger partial charge in [-0.05, 0) is 54.5 Å². The van der Waals surface area contributed by atoms with Crippen LogP contribution in [0.5, 0.6) is 0 Å². The number of rotatable bonds is 4. The lowest BCUT2D eigenvalue weighted by Gasteiger charge is -2.28. The lowest BCUT2D eigenvalue weighted by Crippen LogP contribution is -2.22. The molecule has 2 aromatic carbocycles. The minimum absolute atomic E-state index is 1.12. The third kappa shape index (κ3) is 4.03. The summed E-state index contributed by atoms with van der Waals surface area (Å²) in [6.45, 7) is 9.62. The Morgan fingerprint density at radius 3 is 2.26 bits per heavy atom. The molecule has 0 aromatic heterocycles. The highest BCUT2D eigenvalue weighted by atomic mass is 28.3. The van der Waals surface area contributed by atoms with Gasteiger partial charge in [-0.1, -0.05) is 79.3 Å². The highest BCUT2D eigenvalue weighted by Gasteiger charge is 2.24. The Kier molecular flexibility index (Phi) is 4.59. The van der Waals surface area contributed by atoms with Crippen LogP contribution in [0.3, 0.4) is 0 Å². The van der Waals surface area contributed by atoms with Gasteiger partial charge in [0.05, 0.1) is 0 Å². The summed E-state index contributed by atoms with van der Waals surface area (Å²) in [5.41, 5.74) is 9.22. The van der Waals surface area contributed by atoms with E-state index >= 15 is 0 Å². The summed E-state index contributed by atoms with van der Waals surface area (Å²) in [5.74, 6) is 0. The Morgan fingerprint density at radius 2 is 1.57 bits per heavy atom. The van der Waals surface area contributed by atoms with Crippen LogP contribution in [0.25, 0.3) is 5.57 Å². The second kappa shape index (κ2) is 6.49.